The van der Waals surface area contributed by atoms with Gasteiger partial charge in [0.2, 0.25) is 5.91 Å². The lowest BCUT2D eigenvalue weighted by Crippen LogP contribution is -2.49. The van der Waals surface area contributed by atoms with Crippen LogP contribution in [0.15, 0.2) is 48.7 Å². The molecule has 38 heavy (non-hydrogen) atoms. The fraction of sp³-hybridized carbons (Fsp3) is 0.448. The molecule has 1 saturated heterocycles. The average molecular weight is 516 g/mol. The molecule has 0 bridgehead atoms. The normalized spacial score (nSPS) is 19.3. The Balaban J connectivity index is 1.21. The van der Waals surface area contributed by atoms with Gasteiger partial charge in [0, 0.05) is 43.6 Å². The zero-order valence-electron chi connectivity index (χ0n) is 22.9. The first kappa shape index (κ1) is 25.8. The van der Waals surface area contributed by atoms with Gasteiger partial charge < -0.3 is 15.1 Å². The number of pyridine rings is 1. The summed E-state index contributed by atoms with van der Waals surface area (Å²) >= 11 is 0. The highest BCUT2D eigenvalue weighted by atomic mass is 16.2. The van der Waals surface area contributed by atoms with Crippen molar-refractivity contribution in [3.63, 3.8) is 0 Å². The Kier molecular flexibility index (Phi) is 6.86. The topological polar surface area (TPSA) is 95.4 Å². The van der Waals surface area contributed by atoms with Crippen LogP contribution in [0.1, 0.15) is 45.4 Å². The average Bonchev–Trinajstić information content (AvgIpc) is 3.47. The third kappa shape index (κ3) is 5.66. The first-order valence-corrected chi connectivity index (χ1v) is 13.3. The van der Waals surface area contributed by atoms with Crippen molar-refractivity contribution in [2.24, 2.45) is 11.8 Å². The molecule has 9 nitrogen and oxygen atoms in total. The lowest BCUT2D eigenvalue weighted by atomic mass is 9.92. The van der Waals surface area contributed by atoms with Crippen molar-refractivity contribution in [2.45, 2.75) is 46.5 Å². The molecule has 2 fully saturated rings. The summed E-state index contributed by atoms with van der Waals surface area (Å²) in [5.41, 5.74) is 3.34. The molecule has 9 heteroatoms. The molecule has 3 amide bonds. The number of amides is 3. The van der Waals surface area contributed by atoms with Crippen molar-refractivity contribution in [2.75, 3.05) is 41.7 Å². The summed E-state index contributed by atoms with van der Waals surface area (Å²) in [6.45, 7) is 13.4. The van der Waals surface area contributed by atoms with Crippen LogP contribution in [0.2, 0.25) is 0 Å². The van der Waals surface area contributed by atoms with E-state index in [0.717, 1.165) is 55.4 Å². The lowest BCUT2D eigenvalue weighted by Gasteiger charge is -2.35. The van der Waals surface area contributed by atoms with Gasteiger partial charge in [-0.25, -0.2) is 14.5 Å². The molecule has 0 radical (unpaired) electrons. The molecule has 2 unspecified atom stereocenters. The lowest BCUT2D eigenvalue weighted by molar-refractivity contribution is -0.133. The molecular weight excluding hydrogens is 478 g/mol. The van der Waals surface area contributed by atoms with Crippen LogP contribution in [0.3, 0.4) is 0 Å². The number of hydrogen-bond acceptors (Lipinski definition) is 5. The molecule has 2 aromatic heterocycles. The van der Waals surface area contributed by atoms with E-state index in [0.29, 0.717) is 23.3 Å². The third-order valence-electron chi connectivity index (χ3n) is 7.35. The summed E-state index contributed by atoms with van der Waals surface area (Å²) in [7, 11) is 0. The number of carbonyl (C=O) groups is 2. The number of anilines is 3. The molecule has 5 rings (SSSR count). The smallest absolute Gasteiger partial charge is 0.324 e. The van der Waals surface area contributed by atoms with Crippen molar-refractivity contribution < 1.29 is 9.59 Å². The van der Waals surface area contributed by atoms with E-state index in [9.17, 15) is 9.59 Å². The Bertz CT molecular complexity index is 1300. The van der Waals surface area contributed by atoms with Crippen LogP contribution in [0.5, 0.6) is 0 Å². The Morgan fingerprint density at radius 1 is 0.974 bits per heavy atom. The zero-order chi connectivity index (χ0) is 27.0. The number of piperazine rings is 1. The van der Waals surface area contributed by atoms with Gasteiger partial charge in [0.1, 0.15) is 11.6 Å². The summed E-state index contributed by atoms with van der Waals surface area (Å²) in [5.74, 6) is 2.49. The second kappa shape index (κ2) is 10.1. The Hall–Kier alpha value is -3.88. The van der Waals surface area contributed by atoms with Crippen molar-refractivity contribution in [1.29, 1.82) is 0 Å². The Morgan fingerprint density at radius 3 is 2.24 bits per heavy atom. The first-order chi connectivity index (χ1) is 18.1. The van der Waals surface area contributed by atoms with Gasteiger partial charge >= 0.3 is 6.03 Å². The van der Waals surface area contributed by atoms with Crippen LogP contribution in [0.4, 0.5) is 22.1 Å². The van der Waals surface area contributed by atoms with Gasteiger partial charge in [-0.2, -0.15) is 5.10 Å². The van der Waals surface area contributed by atoms with Gasteiger partial charge in [0.05, 0.1) is 23.3 Å². The monoisotopic (exact) mass is 515 g/mol. The maximum Gasteiger partial charge on any atom is 0.324 e. The molecular formula is C29H37N7O2. The molecule has 200 valence electrons. The Labute approximate surface area is 224 Å². The second-order valence-electron chi connectivity index (χ2n) is 11.5. The molecule has 1 aromatic carbocycles. The first-order valence-electron chi connectivity index (χ1n) is 13.3. The van der Waals surface area contributed by atoms with E-state index in [1.807, 2.05) is 54.3 Å². The molecule has 3 heterocycles. The third-order valence-corrected chi connectivity index (χ3v) is 7.35. The van der Waals surface area contributed by atoms with Crippen molar-refractivity contribution in [3.05, 3.63) is 59.9 Å². The maximum atomic E-state index is 12.9. The van der Waals surface area contributed by atoms with Crippen LogP contribution < -0.4 is 15.5 Å². The van der Waals surface area contributed by atoms with Gasteiger partial charge in [0.25, 0.3) is 0 Å². The summed E-state index contributed by atoms with van der Waals surface area (Å²) in [6, 6.07) is 13.3. The number of hydrogen-bond donors (Lipinski definition) is 2. The molecule has 2 atom stereocenters. The summed E-state index contributed by atoms with van der Waals surface area (Å²) < 4.78 is 1.76. The molecule has 2 N–H and O–H groups in total. The predicted octanol–water partition coefficient (Wildman–Crippen LogP) is 4.82. The molecule has 0 spiro atoms. The van der Waals surface area contributed by atoms with Crippen LogP contribution in [-0.4, -0.2) is 57.8 Å². The fourth-order valence-electron chi connectivity index (χ4n) is 4.70. The van der Waals surface area contributed by atoms with Gasteiger partial charge in [-0.3, -0.25) is 10.1 Å². The minimum absolute atomic E-state index is 0.169. The minimum Gasteiger partial charge on any atom is -0.353 e. The number of nitrogens with one attached hydrogen (secondary N) is 2. The molecule has 1 aliphatic heterocycles. The van der Waals surface area contributed by atoms with Crippen LogP contribution in [0, 0.1) is 18.8 Å². The van der Waals surface area contributed by atoms with Gasteiger partial charge in [0.15, 0.2) is 0 Å². The molecule has 1 saturated carbocycles. The number of carbonyl (C=O) groups excluding carboxylic acids is 2. The molecule has 3 aromatic rings. The largest absolute Gasteiger partial charge is 0.353 e. The molecule has 1 aliphatic carbocycles. The van der Waals surface area contributed by atoms with Crippen LogP contribution in [0.25, 0.3) is 5.69 Å². The summed E-state index contributed by atoms with van der Waals surface area (Å²) in [4.78, 5) is 34.1. The summed E-state index contributed by atoms with van der Waals surface area (Å²) in [5, 5.41) is 10.6. The number of nitrogens with zero attached hydrogens (tertiary/aromatic N) is 5. The number of benzene rings is 1. The highest BCUT2D eigenvalue weighted by Crippen LogP contribution is 2.39. The van der Waals surface area contributed by atoms with E-state index in [4.69, 9.17) is 5.10 Å². The number of aromatic nitrogens is 3. The highest BCUT2D eigenvalue weighted by molar-refractivity contribution is 5.99. The Morgan fingerprint density at radius 2 is 1.66 bits per heavy atom. The zero-order valence-corrected chi connectivity index (χ0v) is 22.9. The number of aryl methyl sites for hydroxylation is 1. The number of rotatable bonds is 5. The van der Waals surface area contributed by atoms with E-state index >= 15 is 0 Å². The van der Waals surface area contributed by atoms with E-state index < -0.39 is 0 Å². The van der Waals surface area contributed by atoms with Crippen molar-refractivity contribution in [1.82, 2.24) is 19.7 Å². The van der Waals surface area contributed by atoms with E-state index in [1.165, 1.54) is 0 Å². The van der Waals surface area contributed by atoms with Crippen LogP contribution in [-0.2, 0) is 10.2 Å². The standard InChI is InChI=1S/C29H37N7O2/c1-19-6-9-22(10-7-19)36-26(17-24(33-36)29(3,4)5)32-28(38)31-21-8-11-25(30-18-21)34-12-14-35(15-13-34)27(37)23-16-20(23)2/h6-11,17-18,20,23H,12-16H2,1-5H3,(H2,31,32,38). The van der Waals surface area contributed by atoms with Gasteiger partial charge in [-0.1, -0.05) is 45.4 Å². The highest BCUT2D eigenvalue weighted by Gasteiger charge is 2.42. The number of urea groups is 1. The summed E-state index contributed by atoms with van der Waals surface area (Å²) in [6.07, 6.45) is 2.69. The van der Waals surface area contributed by atoms with E-state index in [1.54, 1.807) is 10.9 Å². The van der Waals surface area contributed by atoms with E-state index in [2.05, 4.69) is 48.2 Å². The minimum atomic E-state index is -0.366. The SMILES string of the molecule is Cc1ccc(-n2nc(C(C)(C)C)cc2NC(=O)Nc2ccc(N3CCN(C(=O)C4CC4C)CC3)nc2)cc1. The van der Waals surface area contributed by atoms with Crippen LogP contribution >= 0.6 is 0 Å². The van der Waals surface area contributed by atoms with E-state index in [-0.39, 0.29) is 17.4 Å². The predicted molar refractivity (Wildman–Crippen MR) is 150 cm³/mol. The van der Waals surface area contributed by atoms with Gasteiger partial charge in [-0.15, -0.1) is 0 Å². The quantitative estimate of drug-likeness (QED) is 0.508. The maximum absolute atomic E-state index is 12.9. The second-order valence-corrected chi connectivity index (χ2v) is 11.5. The molecule has 2 aliphatic rings. The van der Waals surface area contributed by atoms with Crippen molar-refractivity contribution in [3.8, 4) is 5.69 Å². The van der Waals surface area contributed by atoms with Gasteiger partial charge in [-0.05, 0) is 43.5 Å². The fourth-order valence-corrected chi connectivity index (χ4v) is 4.70. The van der Waals surface area contributed by atoms with Crippen molar-refractivity contribution >= 4 is 29.3 Å².